The molecule has 0 radical (unpaired) electrons. The summed E-state index contributed by atoms with van der Waals surface area (Å²) < 4.78 is 0. The number of amides is 1. The number of aromatic nitrogens is 1. The number of pyridine rings is 1. The molecule has 0 atom stereocenters. The minimum Gasteiger partial charge on any atom is -0.371 e. The van der Waals surface area contributed by atoms with Gasteiger partial charge in [0.25, 0.3) is 5.91 Å². The Kier molecular flexibility index (Phi) is 6.30. The quantitative estimate of drug-likeness (QED) is 0.813. The summed E-state index contributed by atoms with van der Waals surface area (Å²) in [6.07, 6.45) is 5.31. The van der Waals surface area contributed by atoms with Crippen molar-refractivity contribution in [3.63, 3.8) is 0 Å². The van der Waals surface area contributed by atoms with E-state index in [1.807, 2.05) is 35.2 Å². The number of hydrogen-bond donors (Lipinski definition) is 1. The molecule has 29 heavy (non-hydrogen) atoms. The lowest BCUT2D eigenvalue weighted by Gasteiger charge is -2.35. The van der Waals surface area contributed by atoms with E-state index in [0.29, 0.717) is 0 Å². The van der Waals surface area contributed by atoms with Gasteiger partial charge in [-0.1, -0.05) is 13.0 Å². The number of nitrogens with one attached hydrogen (secondary N) is 1. The van der Waals surface area contributed by atoms with Crippen LogP contribution in [0.5, 0.6) is 0 Å². The van der Waals surface area contributed by atoms with Crippen LogP contribution in [-0.2, 0) is 0 Å². The van der Waals surface area contributed by atoms with Crippen molar-refractivity contribution >= 4 is 23.1 Å². The zero-order valence-electron chi connectivity index (χ0n) is 17.3. The van der Waals surface area contributed by atoms with Gasteiger partial charge in [-0.15, -0.1) is 0 Å². The van der Waals surface area contributed by atoms with E-state index in [9.17, 15) is 4.79 Å². The molecule has 2 aliphatic rings. The van der Waals surface area contributed by atoms with E-state index >= 15 is 0 Å². The Labute approximate surface area is 173 Å². The van der Waals surface area contributed by atoms with Crippen LogP contribution in [0, 0.1) is 0 Å². The molecule has 0 saturated carbocycles. The maximum atomic E-state index is 13.4. The molecule has 2 fully saturated rings. The number of piperazine rings is 1. The van der Waals surface area contributed by atoms with Crippen molar-refractivity contribution in [1.29, 1.82) is 0 Å². The fraction of sp³-hybridized carbons (Fsp3) is 0.478. The van der Waals surface area contributed by atoms with Crippen molar-refractivity contribution < 1.29 is 4.79 Å². The van der Waals surface area contributed by atoms with Crippen molar-refractivity contribution in [2.45, 2.75) is 26.2 Å². The number of benzene rings is 1. The molecule has 0 aliphatic carbocycles. The molecular formula is C23H31N5O. The van der Waals surface area contributed by atoms with Gasteiger partial charge in [0.15, 0.2) is 0 Å². The lowest BCUT2D eigenvalue weighted by Crippen LogP contribution is -2.49. The van der Waals surface area contributed by atoms with Crippen LogP contribution in [0.1, 0.15) is 36.5 Å². The lowest BCUT2D eigenvalue weighted by atomic mass is 10.1. The Bertz CT molecular complexity index is 811. The van der Waals surface area contributed by atoms with E-state index in [4.69, 9.17) is 0 Å². The molecule has 0 unspecified atom stereocenters. The van der Waals surface area contributed by atoms with Gasteiger partial charge in [0.2, 0.25) is 0 Å². The van der Waals surface area contributed by atoms with E-state index in [1.54, 1.807) is 6.20 Å². The SMILES string of the molecule is CCCN1CCN(C(=O)c2ccc(Nc3ccccn3)cc2N2CCCC2)CC1. The zero-order valence-corrected chi connectivity index (χ0v) is 17.3. The van der Waals surface area contributed by atoms with Gasteiger partial charge in [-0.25, -0.2) is 4.98 Å². The van der Waals surface area contributed by atoms with Gasteiger partial charge in [0.1, 0.15) is 5.82 Å². The summed E-state index contributed by atoms with van der Waals surface area (Å²) >= 11 is 0. The van der Waals surface area contributed by atoms with Gasteiger partial charge in [0, 0.05) is 51.2 Å². The van der Waals surface area contributed by atoms with Gasteiger partial charge in [-0.2, -0.15) is 0 Å². The van der Waals surface area contributed by atoms with Gasteiger partial charge in [-0.05, 0) is 56.1 Å². The number of nitrogens with zero attached hydrogens (tertiary/aromatic N) is 4. The summed E-state index contributed by atoms with van der Waals surface area (Å²) in [6.45, 7) is 8.92. The number of anilines is 3. The molecule has 1 N–H and O–H groups in total. The third-order valence-corrected chi connectivity index (χ3v) is 5.81. The first kappa shape index (κ1) is 19.7. The maximum absolute atomic E-state index is 13.4. The zero-order chi connectivity index (χ0) is 20.1. The highest BCUT2D eigenvalue weighted by atomic mass is 16.2. The average molecular weight is 394 g/mol. The molecule has 3 heterocycles. The fourth-order valence-corrected chi connectivity index (χ4v) is 4.26. The third kappa shape index (κ3) is 4.70. The molecule has 0 bridgehead atoms. The molecule has 2 aromatic rings. The largest absolute Gasteiger partial charge is 0.371 e. The molecule has 2 aliphatic heterocycles. The van der Waals surface area contributed by atoms with E-state index in [1.165, 1.54) is 12.8 Å². The molecule has 1 aromatic carbocycles. The monoisotopic (exact) mass is 393 g/mol. The van der Waals surface area contributed by atoms with Crippen LogP contribution in [-0.4, -0.2) is 66.5 Å². The predicted octanol–water partition coefficient (Wildman–Crippen LogP) is 3.59. The first-order chi connectivity index (χ1) is 14.2. The van der Waals surface area contributed by atoms with Crippen LogP contribution in [0.25, 0.3) is 0 Å². The van der Waals surface area contributed by atoms with Gasteiger partial charge >= 0.3 is 0 Å². The molecular weight excluding hydrogens is 362 g/mol. The smallest absolute Gasteiger partial charge is 0.256 e. The highest BCUT2D eigenvalue weighted by molar-refractivity contribution is 6.00. The fourth-order valence-electron chi connectivity index (χ4n) is 4.26. The van der Waals surface area contributed by atoms with Crippen molar-refractivity contribution in [1.82, 2.24) is 14.8 Å². The lowest BCUT2D eigenvalue weighted by molar-refractivity contribution is 0.0638. The normalized spacial score (nSPS) is 17.6. The highest BCUT2D eigenvalue weighted by Gasteiger charge is 2.26. The van der Waals surface area contributed by atoms with Crippen molar-refractivity contribution in [2.75, 3.05) is 56.0 Å². The summed E-state index contributed by atoms with van der Waals surface area (Å²) in [6, 6.07) is 11.9. The Balaban J connectivity index is 1.54. The summed E-state index contributed by atoms with van der Waals surface area (Å²) in [5.74, 6) is 0.971. The molecule has 6 heteroatoms. The molecule has 2 saturated heterocycles. The van der Waals surface area contributed by atoms with Crippen LogP contribution in [0.15, 0.2) is 42.6 Å². The third-order valence-electron chi connectivity index (χ3n) is 5.81. The number of hydrogen-bond acceptors (Lipinski definition) is 5. The first-order valence-corrected chi connectivity index (χ1v) is 10.8. The summed E-state index contributed by atoms with van der Waals surface area (Å²) in [5.41, 5.74) is 2.83. The van der Waals surface area contributed by atoms with Gasteiger partial charge < -0.3 is 15.1 Å². The van der Waals surface area contributed by atoms with Gasteiger partial charge in [0.05, 0.1) is 11.3 Å². The maximum Gasteiger partial charge on any atom is 0.256 e. The standard InChI is InChI=1S/C23H31N5O/c1-2-11-26-14-16-28(17-15-26)23(29)20-9-8-19(25-22-7-3-4-10-24-22)18-21(20)27-12-5-6-13-27/h3-4,7-10,18H,2,5-6,11-17H2,1H3,(H,24,25). The minimum atomic E-state index is 0.160. The Morgan fingerprint density at radius 3 is 2.52 bits per heavy atom. The minimum absolute atomic E-state index is 0.160. The molecule has 154 valence electrons. The van der Waals surface area contributed by atoms with E-state index in [-0.39, 0.29) is 5.91 Å². The van der Waals surface area contributed by atoms with Crippen LogP contribution in [0.3, 0.4) is 0 Å². The van der Waals surface area contributed by atoms with Crippen molar-refractivity contribution in [3.8, 4) is 0 Å². The summed E-state index contributed by atoms with van der Waals surface area (Å²) in [7, 11) is 0. The van der Waals surface area contributed by atoms with E-state index in [2.05, 4.69) is 33.1 Å². The topological polar surface area (TPSA) is 51.7 Å². The molecule has 1 aromatic heterocycles. The van der Waals surface area contributed by atoms with Crippen LogP contribution >= 0.6 is 0 Å². The van der Waals surface area contributed by atoms with Gasteiger partial charge in [-0.3, -0.25) is 9.69 Å². The number of carbonyl (C=O) groups excluding carboxylic acids is 1. The highest BCUT2D eigenvalue weighted by Crippen LogP contribution is 2.30. The second-order valence-corrected chi connectivity index (χ2v) is 7.90. The Hall–Kier alpha value is -2.60. The van der Waals surface area contributed by atoms with Crippen LogP contribution < -0.4 is 10.2 Å². The Morgan fingerprint density at radius 2 is 1.83 bits per heavy atom. The number of rotatable bonds is 6. The van der Waals surface area contributed by atoms with Crippen molar-refractivity contribution in [3.05, 3.63) is 48.2 Å². The van der Waals surface area contributed by atoms with E-state index in [0.717, 1.165) is 75.0 Å². The first-order valence-electron chi connectivity index (χ1n) is 10.8. The molecule has 1 amide bonds. The number of carbonyl (C=O) groups is 1. The summed E-state index contributed by atoms with van der Waals surface area (Å²) in [5, 5.41) is 3.36. The van der Waals surface area contributed by atoms with Crippen LogP contribution in [0.2, 0.25) is 0 Å². The van der Waals surface area contributed by atoms with Crippen LogP contribution in [0.4, 0.5) is 17.2 Å². The summed E-state index contributed by atoms with van der Waals surface area (Å²) in [4.78, 5) is 24.5. The average Bonchev–Trinajstić information content (AvgIpc) is 3.30. The second-order valence-electron chi connectivity index (χ2n) is 7.90. The second kappa shape index (κ2) is 9.27. The molecule has 6 nitrogen and oxygen atoms in total. The predicted molar refractivity (Wildman–Crippen MR) is 118 cm³/mol. The van der Waals surface area contributed by atoms with E-state index < -0.39 is 0 Å². The van der Waals surface area contributed by atoms with Crippen molar-refractivity contribution in [2.24, 2.45) is 0 Å². The Morgan fingerprint density at radius 1 is 1.03 bits per heavy atom. The molecule has 0 spiro atoms. The molecule has 4 rings (SSSR count).